The van der Waals surface area contributed by atoms with Crippen LogP contribution in [-0.2, 0) is 0 Å². The number of nitrogens with two attached hydrogens (primary N) is 1. The summed E-state index contributed by atoms with van der Waals surface area (Å²) in [6.45, 7) is 7.85. The molecule has 0 heterocycles. The van der Waals surface area contributed by atoms with E-state index in [9.17, 15) is 0 Å². The number of hydrogen-bond donors (Lipinski definition) is 2. The molecule has 0 aromatic carbocycles. The van der Waals surface area contributed by atoms with Gasteiger partial charge in [0.25, 0.3) is 0 Å². The third-order valence-electron chi connectivity index (χ3n) is 2.71. The maximum absolute atomic E-state index is 6.05. The van der Waals surface area contributed by atoms with Crippen molar-refractivity contribution in [3.63, 3.8) is 0 Å². The quantitative estimate of drug-likeness (QED) is 0.688. The van der Waals surface area contributed by atoms with Crippen LogP contribution in [0.5, 0.6) is 0 Å². The summed E-state index contributed by atoms with van der Waals surface area (Å²) in [7, 11) is 0. The molecule has 0 unspecified atom stereocenters. The first kappa shape index (κ1) is 11.0. The summed E-state index contributed by atoms with van der Waals surface area (Å²) in [5, 5.41) is 3.59. The first-order valence-corrected chi connectivity index (χ1v) is 5.48. The highest BCUT2D eigenvalue weighted by molar-refractivity contribution is 4.84. The minimum Gasteiger partial charge on any atom is -0.326 e. The Labute approximate surface area is 82.3 Å². The van der Waals surface area contributed by atoms with Crippen LogP contribution in [0.4, 0.5) is 0 Å². The van der Waals surface area contributed by atoms with Crippen LogP contribution in [0, 0.1) is 5.41 Å². The van der Waals surface area contributed by atoms with Crippen molar-refractivity contribution >= 4 is 0 Å². The Hall–Kier alpha value is -0.0800. The van der Waals surface area contributed by atoms with Crippen LogP contribution >= 0.6 is 0 Å². The molecular weight excluding hydrogens is 160 g/mol. The molecule has 3 N–H and O–H groups in total. The third-order valence-corrected chi connectivity index (χ3v) is 2.71. The van der Waals surface area contributed by atoms with Gasteiger partial charge in [-0.25, -0.2) is 0 Å². The Morgan fingerprint density at radius 3 is 2.38 bits per heavy atom. The molecule has 78 valence electrons. The zero-order valence-electron chi connectivity index (χ0n) is 9.27. The Kier molecular flexibility index (Phi) is 3.74. The fourth-order valence-electron chi connectivity index (χ4n) is 1.85. The standard InChI is InChI=1S/C11H24N2/c1-11(2,3)8-13-10-7-5-4-6-9(10)12/h9-10,13H,4-8,12H2,1-3H3/t9-,10-/m1/s1. The zero-order valence-corrected chi connectivity index (χ0v) is 9.27. The molecule has 2 atom stereocenters. The second-order valence-electron chi connectivity index (χ2n) is 5.50. The Morgan fingerprint density at radius 1 is 1.23 bits per heavy atom. The molecule has 0 aromatic rings. The highest BCUT2D eigenvalue weighted by atomic mass is 15.0. The molecule has 0 aliphatic heterocycles. The first-order chi connectivity index (χ1) is 5.99. The van der Waals surface area contributed by atoms with Crippen molar-refractivity contribution in [2.24, 2.45) is 11.1 Å². The number of nitrogens with one attached hydrogen (secondary N) is 1. The van der Waals surface area contributed by atoms with Gasteiger partial charge in [-0.05, 0) is 18.3 Å². The van der Waals surface area contributed by atoms with Gasteiger partial charge < -0.3 is 11.1 Å². The average molecular weight is 184 g/mol. The van der Waals surface area contributed by atoms with Crippen molar-refractivity contribution < 1.29 is 0 Å². The van der Waals surface area contributed by atoms with Crippen molar-refractivity contribution in [3.8, 4) is 0 Å². The molecular formula is C11H24N2. The maximum atomic E-state index is 6.05. The van der Waals surface area contributed by atoms with Crippen molar-refractivity contribution in [2.75, 3.05) is 6.54 Å². The summed E-state index contributed by atoms with van der Waals surface area (Å²) in [5.41, 5.74) is 6.42. The van der Waals surface area contributed by atoms with Gasteiger partial charge in [-0.2, -0.15) is 0 Å². The second-order valence-corrected chi connectivity index (χ2v) is 5.50. The molecule has 2 nitrogen and oxygen atoms in total. The number of rotatable bonds is 2. The summed E-state index contributed by atoms with van der Waals surface area (Å²) in [5.74, 6) is 0. The van der Waals surface area contributed by atoms with Crippen LogP contribution in [0.25, 0.3) is 0 Å². The zero-order chi connectivity index (χ0) is 9.90. The van der Waals surface area contributed by atoms with E-state index in [0.29, 0.717) is 17.5 Å². The second kappa shape index (κ2) is 4.43. The predicted molar refractivity (Wildman–Crippen MR) is 57.7 cm³/mol. The smallest absolute Gasteiger partial charge is 0.0219 e. The average Bonchev–Trinajstić information content (AvgIpc) is 2.01. The largest absolute Gasteiger partial charge is 0.326 e. The van der Waals surface area contributed by atoms with E-state index >= 15 is 0 Å². The van der Waals surface area contributed by atoms with Crippen molar-refractivity contribution in [1.82, 2.24) is 5.32 Å². The van der Waals surface area contributed by atoms with Gasteiger partial charge in [-0.1, -0.05) is 33.6 Å². The molecule has 13 heavy (non-hydrogen) atoms. The molecule has 0 saturated heterocycles. The lowest BCUT2D eigenvalue weighted by Gasteiger charge is -2.32. The summed E-state index contributed by atoms with van der Waals surface area (Å²) in [6, 6.07) is 0.948. The third kappa shape index (κ3) is 4.10. The molecule has 1 aliphatic carbocycles. The lowest BCUT2D eigenvalue weighted by Crippen LogP contribution is -2.49. The SMILES string of the molecule is CC(C)(C)CN[C@@H]1CCCC[C@H]1N. The molecule has 0 amide bonds. The lowest BCUT2D eigenvalue weighted by atomic mass is 9.89. The van der Waals surface area contributed by atoms with Crippen molar-refractivity contribution in [1.29, 1.82) is 0 Å². The highest BCUT2D eigenvalue weighted by Gasteiger charge is 2.22. The lowest BCUT2D eigenvalue weighted by molar-refractivity contribution is 0.282. The topological polar surface area (TPSA) is 38.0 Å². The Balaban J connectivity index is 2.27. The van der Waals surface area contributed by atoms with E-state index in [2.05, 4.69) is 26.1 Å². The van der Waals surface area contributed by atoms with E-state index in [-0.39, 0.29) is 0 Å². The van der Waals surface area contributed by atoms with Crippen LogP contribution in [0.15, 0.2) is 0 Å². The first-order valence-electron chi connectivity index (χ1n) is 5.48. The maximum Gasteiger partial charge on any atom is 0.0219 e. The van der Waals surface area contributed by atoms with Crippen LogP contribution in [0.2, 0.25) is 0 Å². The summed E-state index contributed by atoms with van der Waals surface area (Å²) >= 11 is 0. The summed E-state index contributed by atoms with van der Waals surface area (Å²) in [6.07, 6.45) is 5.11. The van der Waals surface area contributed by atoms with Crippen LogP contribution < -0.4 is 11.1 Å². The molecule has 1 saturated carbocycles. The molecule has 1 fully saturated rings. The summed E-state index contributed by atoms with van der Waals surface area (Å²) < 4.78 is 0. The molecule has 0 bridgehead atoms. The van der Waals surface area contributed by atoms with Crippen LogP contribution in [0.1, 0.15) is 46.5 Å². The fourth-order valence-corrected chi connectivity index (χ4v) is 1.85. The monoisotopic (exact) mass is 184 g/mol. The normalized spacial score (nSPS) is 30.5. The van der Waals surface area contributed by atoms with Crippen LogP contribution in [-0.4, -0.2) is 18.6 Å². The predicted octanol–water partition coefficient (Wildman–Crippen LogP) is 1.89. The van der Waals surface area contributed by atoms with Gasteiger partial charge in [0, 0.05) is 18.6 Å². The van der Waals surface area contributed by atoms with E-state index < -0.39 is 0 Å². The Bertz CT molecular complexity index is 149. The van der Waals surface area contributed by atoms with Crippen molar-refractivity contribution in [2.45, 2.75) is 58.5 Å². The van der Waals surface area contributed by atoms with Crippen molar-refractivity contribution in [3.05, 3.63) is 0 Å². The molecule has 0 spiro atoms. The van der Waals surface area contributed by atoms with E-state index in [4.69, 9.17) is 5.73 Å². The molecule has 1 aliphatic rings. The molecule has 0 radical (unpaired) electrons. The van der Waals surface area contributed by atoms with Gasteiger partial charge in [-0.3, -0.25) is 0 Å². The highest BCUT2D eigenvalue weighted by Crippen LogP contribution is 2.18. The Morgan fingerprint density at radius 2 is 1.85 bits per heavy atom. The minimum atomic E-state index is 0.372. The van der Waals surface area contributed by atoms with Gasteiger partial charge in [0.15, 0.2) is 0 Å². The van der Waals surface area contributed by atoms with Gasteiger partial charge >= 0.3 is 0 Å². The van der Waals surface area contributed by atoms with Gasteiger partial charge in [-0.15, -0.1) is 0 Å². The van der Waals surface area contributed by atoms with Gasteiger partial charge in [0.1, 0.15) is 0 Å². The molecule has 1 rings (SSSR count). The van der Waals surface area contributed by atoms with Crippen LogP contribution in [0.3, 0.4) is 0 Å². The van der Waals surface area contributed by atoms with Gasteiger partial charge in [0.05, 0.1) is 0 Å². The minimum absolute atomic E-state index is 0.372. The molecule has 0 aromatic heterocycles. The van der Waals surface area contributed by atoms with E-state index in [1.807, 2.05) is 0 Å². The van der Waals surface area contributed by atoms with Gasteiger partial charge in [0.2, 0.25) is 0 Å². The number of hydrogen-bond acceptors (Lipinski definition) is 2. The fraction of sp³-hybridized carbons (Fsp3) is 1.00. The van der Waals surface area contributed by atoms with E-state index in [1.54, 1.807) is 0 Å². The summed E-state index contributed by atoms with van der Waals surface area (Å²) in [4.78, 5) is 0. The van der Waals surface area contributed by atoms with E-state index in [1.165, 1.54) is 25.7 Å². The van der Waals surface area contributed by atoms with E-state index in [0.717, 1.165) is 6.54 Å². The molecule has 2 heteroatoms.